The van der Waals surface area contributed by atoms with Crippen LogP contribution in [0.1, 0.15) is 18.0 Å². The third-order valence-corrected chi connectivity index (χ3v) is 7.95. The summed E-state index contributed by atoms with van der Waals surface area (Å²) in [6.07, 6.45) is 0.555. The molecular formula is C23H24ClFN2O5S. The number of nitrogens with zero attached hydrogens (tertiary/aromatic N) is 2. The van der Waals surface area contributed by atoms with Crippen LogP contribution >= 0.6 is 11.6 Å². The molecule has 1 saturated heterocycles. The predicted molar refractivity (Wildman–Crippen MR) is 121 cm³/mol. The quantitative estimate of drug-likeness (QED) is 0.635. The monoisotopic (exact) mass is 494 g/mol. The Kier molecular flexibility index (Phi) is 7.04. The third-order valence-electron chi connectivity index (χ3n) is 5.81. The Hall–Kier alpha value is -2.46. The van der Waals surface area contributed by atoms with Gasteiger partial charge in [0.15, 0.2) is 5.76 Å². The molecule has 1 fully saturated rings. The number of hydrogen-bond donors (Lipinski definition) is 1. The lowest BCUT2D eigenvalue weighted by atomic mass is 10.1. The van der Waals surface area contributed by atoms with Crippen molar-refractivity contribution in [3.63, 3.8) is 0 Å². The molecule has 4 rings (SSSR count). The summed E-state index contributed by atoms with van der Waals surface area (Å²) in [4.78, 5) is 15.9. The Balaban J connectivity index is 1.68. The minimum absolute atomic E-state index is 0.113. The largest absolute Gasteiger partial charge is 0.502 e. The van der Waals surface area contributed by atoms with Crippen LogP contribution in [0.3, 0.4) is 0 Å². The molecule has 1 amide bonds. The van der Waals surface area contributed by atoms with Crippen LogP contribution < -0.4 is 0 Å². The van der Waals surface area contributed by atoms with E-state index in [1.54, 1.807) is 6.07 Å². The molecule has 33 heavy (non-hydrogen) atoms. The zero-order valence-electron chi connectivity index (χ0n) is 17.8. The molecule has 176 valence electrons. The van der Waals surface area contributed by atoms with Gasteiger partial charge in [0.05, 0.1) is 24.2 Å². The number of benzene rings is 2. The lowest BCUT2D eigenvalue weighted by molar-refractivity contribution is -0.129. The maximum atomic E-state index is 14.1. The van der Waals surface area contributed by atoms with Gasteiger partial charge in [-0.2, -0.15) is 0 Å². The van der Waals surface area contributed by atoms with Gasteiger partial charge in [-0.25, -0.2) is 12.8 Å². The van der Waals surface area contributed by atoms with Crippen LogP contribution in [0.5, 0.6) is 0 Å². The van der Waals surface area contributed by atoms with Crippen molar-refractivity contribution in [1.29, 1.82) is 0 Å². The van der Waals surface area contributed by atoms with Crippen LogP contribution in [-0.4, -0.2) is 68.6 Å². The molecule has 2 aromatic rings. The molecule has 0 spiro atoms. The highest BCUT2D eigenvalue weighted by atomic mass is 35.5. The van der Waals surface area contributed by atoms with E-state index in [1.165, 1.54) is 47.4 Å². The average Bonchev–Trinajstić information content (AvgIpc) is 3.06. The number of carbonyl (C=O) groups excluding carboxylic acids is 1. The normalized spacial score (nSPS) is 20.0. The smallest absolute Gasteiger partial charge is 0.290 e. The highest BCUT2D eigenvalue weighted by molar-refractivity contribution is 7.95. The SMILES string of the molecule is O=C1C(O)=C(S(=O)(=O)c2ccc(Cl)cc2)C(c2cccc(F)c2)N1CCCN1CCOCC1. The Labute approximate surface area is 196 Å². The zero-order chi connectivity index (χ0) is 23.6. The van der Waals surface area contributed by atoms with Crippen LogP contribution in [0.4, 0.5) is 4.39 Å². The first-order valence-corrected chi connectivity index (χ1v) is 12.5. The molecule has 0 bridgehead atoms. The van der Waals surface area contributed by atoms with Crippen LogP contribution in [0.2, 0.25) is 5.02 Å². The van der Waals surface area contributed by atoms with Crippen molar-refractivity contribution in [3.8, 4) is 0 Å². The van der Waals surface area contributed by atoms with Crippen LogP contribution in [-0.2, 0) is 19.4 Å². The van der Waals surface area contributed by atoms with Crippen molar-refractivity contribution in [1.82, 2.24) is 9.80 Å². The van der Waals surface area contributed by atoms with Gasteiger partial charge in [0.2, 0.25) is 9.84 Å². The molecule has 0 aromatic heterocycles. The lowest BCUT2D eigenvalue weighted by Crippen LogP contribution is -2.39. The first-order valence-electron chi connectivity index (χ1n) is 10.6. The molecule has 2 aromatic carbocycles. The number of rotatable bonds is 7. The highest BCUT2D eigenvalue weighted by Crippen LogP contribution is 2.42. The molecule has 1 unspecified atom stereocenters. The second kappa shape index (κ2) is 9.80. The van der Waals surface area contributed by atoms with Gasteiger partial charge in [0, 0.05) is 31.2 Å². The number of amides is 1. The Morgan fingerprint density at radius 2 is 1.79 bits per heavy atom. The summed E-state index contributed by atoms with van der Waals surface area (Å²) in [6, 6.07) is 9.73. The highest BCUT2D eigenvalue weighted by Gasteiger charge is 2.46. The van der Waals surface area contributed by atoms with Gasteiger partial charge in [-0.1, -0.05) is 23.7 Å². The summed E-state index contributed by atoms with van der Waals surface area (Å²) in [5.41, 5.74) is 0.270. The molecule has 2 aliphatic rings. The van der Waals surface area contributed by atoms with Crippen LogP contribution in [0.15, 0.2) is 64.1 Å². The molecule has 0 radical (unpaired) electrons. The van der Waals surface area contributed by atoms with Gasteiger partial charge in [-0.3, -0.25) is 9.69 Å². The maximum absolute atomic E-state index is 14.1. The van der Waals surface area contributed by atoms with Gasteiger partial charge in [0.1, 0.15) is 10.7 Å². The lowest BCUT2D eigenvalue weighted by Gasteiger charge is -2.30. The molecule has 10 heteroatoms. The van der Waals surface area contributed by atoms with Crippen molar-refractivity contribution in [3.05, 3.63) is 75.6 Å². The summed E-state index contributed by atoms with van der Waals surface area (Å²) in [7, 11) is -4.27. The number of halogens is 2. The number of carbonyl (C=O) groups is 1. The van der Waals surface area contributed by atoms with Gasteiger partial charge in [-0.15, -0.1) is 0 Å². The summed E-state index contributed by atoms with van der Waals surface area (Å²) in [6.45, 7) is 3.72. The van der Waals surface area contributed by atoms with Gasteiger partial charge < -0.3 is 14.7 Å². The van der Waals surface area contributed by atoms with E-state index in [-0.39, 0.29) is 17.0 Å². The number of hydrogen-bond acceptors (Lipinski definition) is 6. The standard InChI is InChI=1S/C23H24ClFN2O5S/c24-17-5-7-19(8-6-17)33(30,31)22-20(16-3-1-4-18(25)15-16)27(23(29)21(22)28)10-2-9-26-11-13-32-14-12-26/h1,3-8,15,20,28H,2,9-14H2. The topological polar surface area (TPSA) is 87.1 Å². The maximum Gasteiger partial charge on any atom is 0.290 e. The molecule has 7 nitrogen and oxygen atoms in total. The molecule has 2 aliphatic heterocycles. The summed E-state index contributed by atoms with van der Waals surface area (Å²) in [5, 5.41) is 11.0. The second-order valence-electron chi connectivity index (χ2n) is 7.93. The zero-order valence-corrected chi connectivity index (χ0v) is 19.4. The molecular weight excluding hydrogens is 471 g/mol. The number of aliphatic hydroxyl groups is 1. The van der Waals surface area contributed by atoms with E-state index < -0.39 is 38.3 Å². The van der Waals surface area contributed by atoms with E-state index in [2.05, 4.69) is 4.90 Å². The number of ether oxygens (including phenoxy) is 1. The van der Waals surface area contributed by atoms with Crippen molar-refractivity contribution in [2.45, 2.75) is 17.4 Å². The first-order chi connectivity index (χ1) is 15.8. The van der Waals surface area contributed by atoms with E-state index in [0.717, 1.165) is 13.1 Å². The van der Waals surface area contributed by atoms with Gasteiger partial charge in [0.25, 0.3) is 5.91 Å². The summed E-state index contributed by atoms with van der Waals surface area (Å²) >= 11 is 5.89. The van der Waals surface area contributed by atoms with E-state index in [0.29, 0.717) is 31.2 Å². The van der Waals surface area contributed by atoms with E-state index >= 15 is 0 Å². The fourth-order valence-corrected chi connectivity index (χ4v) is 5.95. The Bertz CT molecular complexity index is 1160. The molecule has 1 N–H and O–H groups in total. The van der Waals surface area contributed by atoms with E-state index in [4.69, 9.17) is 16.3 Å². The minimum Gasteiger partial charge on any atom is -0.502 e. The predicted octanol–water partition coefficient (Wildman–Crippen LogP) is 3.33. The number of morpholine rings is 1. The van der Waals surface area contributed by atoms with Gasteiger partial charge >= 0.3 is 0 Å². The number of aliphatic hydroxyl groups excluding tert-OH is 1. The molecule has 0 aliphatic carbocycles. The summed E-state index contributed by atoms with van der Waals surface area (Å²) in [5.74, 6) is -2.20. The molecule has 0 saturated carbocycles. The van der Waals surface area contributed by atoms with E-state index in [9.17, 15) is 22.7 Å². The van der Waals surface area contributed by atoms with Crippen LogP contribution in [0, 0.1) is 5.82 Å². The van der Waals surface area contributed by atoms with E-state index in [1.807, 2.05) is 0 Å². The Morgan fingerprint density at radius 1 is 1.09 bits per heavy atom. The van der Waals surface area contributed by atoms with Crippen molar-refractivity contribution < 1.29 is 27.4 Å². The van der Waals surface area contributed by atoms with Crippen molar-refractivity contribution >= 4 is 27.3 Å². The van der Waals surface area contributed by atoms with Crippen molar-refractivity contribution in [2.24, 2.45) is 0 Å². The summed E-state index contributed by atoms with van der Waals surface area (Å²) < 4.78 is 46.4. The first kappa shape index (κ1) is 23.7. The van der Waals surface area contributed by atoms with Gasteiger partial charge in [-0.05, 0) is 48.4 Å². The molecule has 2 heterocycles. The second-order valence-corrected chi connectivity index (χ2v) is 10.3. The fourth-order valence-electron chi connectivity index (χ4n) is 4.17. The average molecular weight is 495 g/mol. The molecule has 1 atom stereocenters. The van der Waals surface area contributed by atoms with Crippen LogP contribution in [0.25, 0.3) is 0 Å². The number of sulfone groups is 1. The minimum atomic E-state index is -4.27. The fraction of sp³-hybridized carbons (Fsp3) is 0.348. The third kappa shape index (κ3) is 4.91. The van der Waals surface area contributed by atoms with Crippen molar-refractivity contribution in [2.75, 3.05) is 39.4 Å². The Morgan fingerprint density at radius 3 is 2.45 bits per heavy atom.